The van der Waals surface area contributed by atoms with Gasteiger partial charge >= 0.3 is 0 Å². The molecule has 3 nitrogen and oxygen atoms in total. The van der Waals surface area contributed by atoms with Crippen molar-refractivity contribution in [1.29, 1.82) is 0 Å². The molecule has 1 aromatic rings. The normalized spacial score (nSPS) is 19.4. The van der Waals surface area contributed by atoms with Gasteiger partial charge in [0.15, 0.2) is 0 Å². The Kier molecular flexibility index (Phi) is 4.27. The topological polar surface area (TPSA) is 32.3 Å². The predicted octanol–water partition coefficient (Wildman–Crippen LogP) is 3.45. The molecular weight excluding hydrogens is 260 g/mol. The Balaban J connectivity index is 2.30. The van der Waals surface area contributed by atoms with Crippen LogP contribution in [-0.4, -0.2) is 23.4 Å². The highest BCUT2D eigenvalue weighted by Gasteiger charge is 2.25. The number of fused-ring (bicyclic) bond motifs is 1. The van der Waals surface area contributed by atoms with Crippen LogP contribution >= 0.6 is 11.6 Å². The molecule has 0 bridgehead atoms. The minimum absolute atomic E-state index is 0.0308. The van der Waals surface area contributed by atoms with Gasteiger partial charge in [0.05, 0.1) is 6.04 Å². The second-order valence-electron chi connectivity index (χ2n) is 5.18. The zero-order chi connectivity index (χ0) is 14.0. The molecule has 1 unspecified atom stereocenters. The van der Waals surface area contributed by atoms with Crippen molar-refractivity contribution >= 4 is 23.2 Å². The molecule has 4 heteroatoms. The fourth-order valence-electron chi connectivity index (χ4n) is 2.10. The SMILES string of the molecule is CC(C)=CCN1Cc2cc(Cl)ccc2NC(=O)C1C. The minimum atomic E-state index is -0.151. The van der Waals surface area contributed by atoms with Crippen molar-refractivity contribution in [2.24, 2.45) is 0 Å². The lowest BCUT2D eigenvalue weighted by Crippen LogP contribution is -2.39. The maximum absolute atomic E-state index is 12.1. The summed E-state index contributed by atoms with van der Waals surface area (Å²) < 4.78 is 0. The Morgan fingerprint density at radius 1 is 1.53 bits per heavy atom. The molecule has 1 atom stereocenters. The first kappa shape index (κ1) is 14.1. The van der Waals surface area contributed by atoms with Crippen molar-refractivity contribution in [2.45, 2.75) is 33.4 Å². The molecule has 0 aromatic heterocycles. The van der Waals surface area contributed by atoms with Gasteiger partial charge in [0.25, 0.3) is 0 Å². The van der Waals surface area contributed by atoms with Gasteiger partial charge in [-0.25, -0.2) is 0 Å². The Morgan fingerprint density at radius 3 is 2.95 bits per heavy atom. The van der Waals surface area contributed by atoms with Gasteiger partial charge in [-0.1, -0.05) is 23.3 Å². The van der Waals surface area contributed by atoms with Crippen LogP contribution in [0.25, 0.3) is 0 Å². The van der Waals surface area contributed by atoms with E-state index in [0.717, 1.165) is 24.3 Å². The standard InChI is InChI=1S/C15H19ClN2O/c1-10(2)6-7-18-9-12-8-13(16)4-5-14(12)17-15(19)11(18)3/h4-6,8,11H,7,9H2,1-3H3,(H,17,19). The highest BCUT2D eigenvalue weighted by molar-refractivity contribution is 6.30. The van der Waals surface area contributed by atoms with Gasteiger partial charge in [-0.05, 0) is 44.5 Å². The molecule has 1 N–H and O–H groups in total. The second kappa shape index (κ2) is 5.76. The quantitative estimate of drug-likeness (QED) is 0.841. The lowest BCUT2D eigenvalue weighted by Gasteiger charge is -2.24. The van der Waals surface area contributed by atoms with E-state index in [2.05, 4.69) is 30.1 Å². The molecule has 1 amide bonds. The zero-order valence-corrected chi connectivity index (χ0v) is 12.3. The van der Waals surface area contributed by atoms with E-state index in [0.29, 0.717) is 5.02 Å². The summed E-state index contributed by atoms with van der Waals surface area (Å²) in [7, 11) is 0. The summed E-state index contributed by atoms with van der Waals surface area (Å²) in [5.74, 6) is 0.0308. The molecule has 102 valence electrons. The van der Waals surface area contributed by atoms with E-state index < -0.39 is 0 Å². The number of nitrogens with one attached hydrogen (secondary N) is 1. The summed E-state index contributed by atoms with van der Waals surface area (Å²) in [4.78, 5) is 14.3. The lowest BCUT2D eigenvalue weighted by atomic mass is 10.1. The summed E-state index contributed by atoms with van der Waals surface area (Å²) in [5, 5.41) is 3.66. The Bertz CT molecular complexity index is 521. The number of allylic oxidation sites excluding steroid dienone is 1. The van der Waals surface area contributed by atoms with Gasteiger partial charge in [-0.15, -0.1) is 0 Å². The van der Waals surface area contributed by atoms with Gasteiger partial charge < -0.3 is 5.32 Å². The average Bonchev–Trinajstić information content (AvgIpc) is 2.46. The number of carbonyl (C=O) groups is 1. The molecule has 0 spiro atoms. The van der Waals surface area contributed by atoms with Crippen LogP contribution in [0.1, 0.15) is 26.3 Å². The molecule has 0 saturated heterocycles. The second-order valence-corrected chi connectivity index (χ2v) is 5.61. The fraction of sp³-hybridized carbons (Fsp3) is 0.400. The number of benzene rings is 1. The van der Waals surface area contributed by atoms with Crippen molar-refractivity contribution in [3.63, 3.8) is 0 Å². The Labute approximate surface area is 119 Å². The first-order valence-corrected chi connectivity index (χ1v) is 6.82. The maximum Gasteiger partial charge on any atom is 0.241 e. The van der Waals surface area contributed by atoms with Crippen molar-refractivity contribution in [3.05, 3.63) is 40.4 Å². The van der Waals surface area contributed by atoms with Crippen LogP contribution in [0.3, 0.4) is 0 Å². The molecule has 0 saturated carbocycles. The maximum atomic E-state index is 12.1. The minimum Gasteiger partial charge on any atom is -0.324 e. The molecule has 0 fully saturated rings. The summed E-state index contributed by atoms with van der Waals surface area (Å²) >= 11 is 6.03. The van der Waals surface area contributed by atoms with E-state index in [9.17, 15) is 4.79 Å². The number of carbonyl (C=O) groups excluding carboxylic acids is 1. The van der Waals surface area contributed by atoms with Crippen molar-refractivity contribution in [1.82, 2.24) is 4.90 Å². The molecule has 1 aliphatic rings. The fourth-order valence-corrected chi connectivity index (χ4v) is 2.29. The smallest absolute Gasteiger partial charge is 0.241 e. The van der Waals surface area contributed by atoms with E-state index in [-0.39, 0.29) is 11.9 Å². The predicted molar refractivity (Wildman–Crippen MR) is 79.4 cm³/mol. The third kappa shape index (κ3) is 3.37. The van der Waals surface area contributed by atoms with Crippen molar-refractivity contribution < 1.29 is 4.79 Å². The first-order valence-electron chi connectivity index (χ1n) is 6.44. The summed E-state index contributed by atoms with van der Waals surface area (Å²) in [6.45, 7) is 7.55. The molecule has 1 aliphatic heterocycles. The highest BCUT2D eigenvalue weighted by Crippen LogP contribution is 2.26. The van der Waals surface area contributed by atoms with Crippen LogP contribution in [0.15, 0.2) is 29.8 Å². The van der Waals surface area contributed by atoms with Crippen LogP contribution in [-0.2, 0) is 11.3 Å². The zero-order valence-electron chi connectivity index (χ0n) is 11.5. The van der Waals surface area contributed by atoms with Crippen molar-refractivity contribution in [2.75, 3.05) is 11.9 Å². The number of anilines is 1. The number of nitrogens with zero attached hydrogens (tertiary/aromatic N) is 1. The first-order chi connectivity index (χ1) is 8.97. The average molecular weight is 279 g/mol. The van der Waals surface area contributed by atoms with Crippen molar-refractivity contribution in [3.8, 4) is 0 Å². The summed E-state index contributed by atoms with van der Waals surface area (Å²) in [5.41, 5.74) is 3.18. The molecule has 19 heavy (non-hydrogen) atoms. The van der Waals surface area contributed by atoms with Crippen LogP contribution in [0.5, 0.6) is 0 Å². The number of halogens is 1. The molecule has 1 heterocycles. The molecule has 1 aromatic carbocycles. The third-order valence-electron chi connectivity index (χ3n) is 3.36. The molecule has 0 radical (unpaired) electrons. The number of rotatable bonds is 2. The van der Waals surface area contributed by atoms with Crippen LogP contribution < -0.4 is 5.32 Å². The highest BCUT2D eigenvalue weighted by atomic mass is 35.5. The van der Waals surface area contributed by atoms with E-state index >= 15 is 0 Å². The van der Waals surface area contributed by atoms with E-state index in [1.165, 1.54) is 5.57 Å². The monoisotopic (exact) mass is 278 g/mol. The number of hydrogen-bond donors (Lipinski definition) is 1. The third-order valence-corrected chi connectivity index (χ3v) is 3.59. The summed E-state index contributed by atoms with van der Waals surface area (Å²) in [6.07, 6.45) is 2.14. The van der Waals surface area contributed by atoms with Gasteiger partial charge in [0.1, 0.15) is 0 Å². The van der Waals surface area contributed by atoms with Crippen LogP contribution in [0, 0.1) is 0 Å². The van der Waals surface area contributed by atoms with Gasteiger partial charge in [0.2, 0.25) is 5.91 Å². The van der Waals surface area contributed by atoms with Gasteiger partial charge in [-0.3, -0.25) is 9.69 Å². The Morgan fingerprint density at radius 2 is 2.26 bits per heavy atom. The van der Waals surface area contributed by atoms with Crippen LogP contribution in [0.2, 0.25) is 5.02 Å². The largest absolute Gasteiger partial charge is 0.324 e. The van der Waals surface area contributed by atoms with Gasteiger partial charge in [-0.2, -0.15) is 0 Å². The number of hydrogen-bond acceptors (Lipinski definition) is 2. The summed E-state index contributed by atoms with van der Waals surface area (Å²) in [6, 6.07) is 5.44. The van der Waals surface area contributed by atoms with E-state index in [4.69, 9.17) is 11.6 Å². The van der Waals surface area contributed by atoms with Crippen LogP contribution in [0.4, 0.5) is 5.69 Å². The molecule has 0 aliphatic carbocycles. The van der Waals surface area contributed by atoms with Gasteiger partial charge in [0, 0.05) is 23.8 Å². The molecule has 2 rings (SSSR count). The Hall–Kier alpha value is -1.32. The lowest BCUT2D eigenvalue weighted by molar-refractivity contribution is -0.120. The van der Waals surface area contributed by atoms with E-state index in [1.54, 1.807) is 6.07 Å². The molecular formula is C15H19ClN2O. The number of amides is 1. The van der Waals surface area contributed by atoms with E-state index in [1.807, 2.05) is 19.1 Å².